The number of fused-ring (bicyclic) bond motifs is 1. The van der Waals surface area contributed by atoms with Crippen molar-refractivity contribution in [2.45, 2.75) is 45.0 Å². The first kappa shape index (κ1) is 26.0. The number of amides is 1. The van der Waals surface area contributed by atoms with Gasteiger partial charge < -0.3 is 19.3 Å². The van der Waals surface area contributed by atoms with Crippen molar-refractivity contribution in [3.63, 3.8) is 0 Å². The Morgan fingerprint density at radius 1 is 1.35 bits per heavy atom. The molecule has 0 radical (unpaired) electrons. The minimum Gasteiger partial charge on any atom is -0.476 e. The van der Waals surface area contributed by atoms with Crippen LogP contribution in [0.4, 0.5) is 25.1 Å². The number of ether oxygens (including phenoxy) is 2. The van der Waals surface area contributed by atoms with E-state index in [-0.39, 0.29) is 49.1 Å². The molecule has 4 heterocycles. The van der Waals surface area contributed by atoms with Crippen LogP contribution in [0.5, 0.6) is 5.88 Å². The number of carbonyl (C=O) groups is 1. The van der Waals surface area contributed by atoms with Crippen LogP contribution >= 0.6 is 0 Å². The van der Waals surface area contributed by atoms with E-state index < -0.39 is 34.6 Å². The summed E-state index contributed by atoms with van der Waals surface area (Å²) in [4.78, 5) is 34.2. The first-order valence-electron chi connectivity index (χ1n) is 11.5. The van der Waals surface area contributed by atoms with Gasteiger partial charge in [-0.25, -0.2) is 28.1 Å². The second-order valence-electron chi connectivity index (χ2n) is 9.64. The zero-order valence-electron chi connectivity index (χ0n) is 20.8. The molecule has 0 bridgehead atoms. The molecule has 1 amide bonds. The number of hydrogen-bond acceptors (Lipinski definition) is 9. The first-order chi connectivity index (χ1) is 17.4. The van der Waals surface area contributed by atoms with E-state index in [1.807, 2.05) is 0 Å². The Kier molecular flexibility index (Phi) is 7.09. The minimum absolute atomic E-state index is 0.00239. The zero-order valence-corrected chi connectivity index (χ0v) is 20.8. The third-order valence-corrected chi connectivity index (χ3v) is 5.65. The molecule has 198 valence electrons. The smallest absolute Gasteiger partial charge is 0.410 e. The van der Waals surface area contributed by atoms with Gasteiger partial charge in [0.2, 0.25) is 11.5 Å². The lowest BCUT2D eigenvalue weighted by Crippen LogP contribution is -2.36. The lowest BCUT2D eigenvalue weighted by molar-refractivity contribution is -0.383. The third kappa shape index (κ3) is 5.84. The van der Waals surface area contributed by atoms with Gasteiger partial charge in [0.05, 0.1) is 30.3 Å². The van der Waals surface area contributed by atoms with E-state index in [9.17, 15) is 23.7 Å². The van der Waals surface area contributed by atoms with Crippen LogP contribution in [-0.4, -0.2) is 74.0 Å². The summed E-state index contributed by atoms with van der Waals surface area (Å²) in [6, 6.07) is 2.07. The highest BCUT2D eigenvalue weighted by molar-refractivity contribution is 5.67. The van der Waals surface area contributed by atoms with Gasteiger partial charge in [-0.3, -0.25) is 10.1 Å². The predicted molar refractivity (Wildman–Crippen MR) is 128 cm³/mol. The summed E-state index contributed by atoms with van der Waals surface area (Å²) in [5, 5.41) is 15.2. The van der Waals surface area contributed by atoms with Gasteiger partial charge in [-0.1, -0.05) is 0 Å². The highest BCUT2D eigenvalue weighted by Gasteiger charge is 2.37. The number of carbonyl (C=O) groups excluding carboxylic acids is 1. The van der Waals surface area contributed by atoms with Gasteiger partial charge in [0.1, 0.15) is 36.2 Å². The fraction of sp³-hybridized carbons (Fsp3) is 0.478. The van der Waals surface area contributed by atoms with Gasteiger partial charge in [-0.05, 0) is 32.9 Å². The average molecular weight is 520 g/mol. The van der Waals surface area contributed by atoms with Crippen LogP contribution in [0.25, 0.3) is 5.65 Å². The van der Waals surface area contributed by atoms with E-state index in [1.54, 1.807) is 38.8 Å². The lowest BCUT2D eigenvalue weighted by atomic mass is 10.1. The molecule has 1 aliphatic rings. The number of nitro groups is 1. The van der Waals surface area contributed by atoms with Crippen LogP contribution in [-0.2, 0) is 4.74 Å². The van der Waals surface area contributed by atoms with E-state index in [4.69, 9.17) is 9.47 Å². The van der Waals surface area contributed by atoms with E-state index in [1.165, 1.54) is 21.7 Å². The summed E-state index contributed by atoms with van der Waals surface area (Å²) >= 11 is 0. The van der Waals surface area contributed by atoms with E-state index in [0.29, 0.717) is 5.56 Å². The molecule has 0 unspecified atom stereocenters. The molecule has 3 aromatic heterocycles. The second kappa shape index (κ2) is 10.1. The van der Waals surface area contributed by atoms with E-state index in [0.717, 1.165) is 12.4 Å². The molecule has 0 N–H and O–H groups in total. The molecular weight excluding hydrogens is 492 g/mol. The molecule has 0 aliphatic carbocycles. The zero-order chi connectivity index (χ0) is 26.9. The van der Waals surface area contributed by atoms with Gasteiger partial charge in [0.15, 0.2) is 0 Å². The second-order valence-corrected chi connectivity index (χ2v) is 9.64. The summed E-state index contributed by atoms with van der Waals surface area (Å²) in [7, 11) is 1.56. The minimum atomic E-state index is -1.27. The maximum Gasteiger partial charge on any atom is 0.410 e. The maximum absolute atomic E-state index is 14.7. The fourth-order valence-electron chi connectivity index (χ4n) is 3.98. The summed E-state index contributed by atoms with van der Waals surface area (Å²) in [5.74, 6) is -0.286. The van der Waals surface area contributed by atoms with Gasteiger partial charge in [-0.2, -0.15) is 5.10 Å². The molecule has 2 atom stereocenters. The van der Waals surface area contributed by atoms with Crippen molar-refractivity contribution in [3.8, 4) is 5.88 Å². The maximum atomic E-state index is 14.7. The number of halogens is 2. The predicted octanol–water partition coefficient (Wildman–Crippen LogP) is 3.71. The molecule has 4 rings (SSSR count). The van der Waals surface area contributed by atoms with Crippen molar-refractivity contribution in [1.29, 1.82) is 0 Å². The highest BCUT2D eigenvalue weighted by Crippen LogP contribution is 2.40. The lowest BCUT2D eigenvalue weighted by Gasteiger charge is -2.27. The molecule has 0 saturated carbocycles. The Balaban J connectivity index is 1.56. The van der Waals surface area contributed by atoms with Crippen molar-refractivity contribution in [3.05, 3.63) is 52.2 Å². The summed E-state index contributed by atoms with van der Waals surface area (Å²) in [6.45, 7) is 5.40. The van der Waals surface area contributed by atoms with Gasteiger partial charge in [-0.15, -0.1) is 0 Å². The molecule has 1 aliphatic heterocycles. The normalized spacial score (nSPS) is 17.7. The molecular formula is C23H27F2N7O5. The Hall–Kier alpha value is -4.10. The van der Waals surface area contributed by atoms with Gasteiger partial charge >= 0.3 is 11.8 Å². The standard InChI is InChI=1S/C23H27F2N7O5/c1-23(2,3)37-22(33)29(4)7-8-36-21-16(9-14(24)11-26-21)17-10-15(25)13-30(17)19-5-6-31-20(28-19)18(12-27-31)32(34)35/h5-6,9,11-12,15,17H,7-8,10,13H2,1-4H3/t15-,17+/m0/s1. The number of aromatic nitrogens is 4. The van der Waals surface area contributed by atoms with Crippen molar-refractivity contribution in [2.24, 2.45) is 0 Å². The number of rotatable bonds is 7. The molecule has 0 aromatic carbocycles. The van der Waals surface area contributed by atoms with Crippen LogP contribution in [0.2, 0.25) is 0 Å². The number of alkyl halides is 1. The van der Waals surface area contributed by atoms with Crippen LogP contribution in [0.15, 0.2) is 30.7 Å². The SMILES string of the molecule is CN(CCOc1ncc(F)cc1[C@H]1C[C@H](F)CN1c1ccn2ncc([N+](=O)[O-])c2n1)C(=O)OC(C)(C)C. The number of likely N-dealkylation sites (N-methyl/N-ethyl adjacent to an activating group) is 1. The molecule has 0 spiro atoms. The summed E-state index contributed by atoms with van der Waals surface area (Å²) < 4.78 is 41.3. The average Bonchev–Trinajstić information content (AvgIpc) is 3.41. The molecule has 1 saturated heterocycles. The fourth-order valence-corrected chi connectivity index (χ4v) is 3.98. The molecule has 3 aromatic rings. The third-order valence-electron chi connectivity index (χ3n) is 5.65. The Morgan fingerprint density at radius 3 is 2.81 bits per heavy atom. The topological polar surface area (TPSA) is 128 Å². The van der Waals surface area contributed by atoms with Crippen LogP contribution in [0.3, 0.4) is 0 Å². The summed E-state index contributed by atoms with van der Waals surface area (Å²) in [6.07, 6.45) is 1.78. The van der Waals surface area contributed by atoms with Crippen LogP contribution < -0.4 is 9.64 Å². The largest absolute Gasteiger partial charge is 0.476 e. The van der Waals surface area contributed by atoms with Crippen molar-refractivity contribution >= 4 is 23.2 Å². The Morgan fingerprint density at radius 2 is 2.11 bits per heavy atom. The van der Waals surface area contributed by atoms with Crippen LogP contribution in [0.1, 0.15) is 38.8 Å². The van der Waals surface area contributed by atoms with Crippen LogP contribution in [0, 0.1) is 15.9 Å². The van der Waals surface area contributed by atoms with Gasteiger partial charge in [0, 0.05) is 25.2 Å². The number of pyridine rings is 1. The first-order valence-corrected chi connectivity index (χ1v) is 11.5. The molecule has 1 fully saturated rings. The quantitative estimate of drug-likeness (QED) is 0.339. The Labute approximate surface area is 210 Å². The number of nitrogens with zero attached hydrogens (tertiary/aromatic N) is 7. The monoisotopic (exact) mass is 519 g/mol. The van der Waals surface area contributed by atoms with Gasteiger partial charge in [0.25, 0.3) is 0 Å². The van der Waals surface area contributed by atoms with E-state index in [2.05, 4.69) is 15.1 Å². The van der Waals surface area contributed by atoms with Crippen molar-refractivity contribution in [1.82, 2.24) is 24.5 Å². The molecule has 37 heavy (non-hydrogen) atoms. The number of hydrogen-bond donors (Lipinski definition) is 0. The van der Waals surface area contributed by atoms with E-state index >= 15 is 0 Å². The highest BCUT2D eigenvalue weighted by atomic mass is 19.1. The van der Waals surface area contributed by atoms with Crippen molar-refractivity contribution < 1.29 is 28.0 Å². The molecule has 12 nitrogen and oxygen atoms in total. The summed E-state index contributed by atoms with van der Waals surface area (Å²) in [5.41, 5.74) is -0.645. The molecule has 14 heteroatoms. The Bertz CT molecular complexity index is 1310. The number of anilines is 1. The van der Waals surface area contributed by atoms with Crippen molar-refractivity contribution in [2.75, 3.05) is 31.6 Å².